The van der Waals surface area contributed by atoms with E-state index in [1.54, 1.807) is 28.6 Å². The number of ether oxygens (including phenoxy) is 1. The van der Waals surface area contributed by atoms with Crippen molar-refractivity contribution < 1.29 is 19.1 Å². The van der Waals surface area contributed by atoms with Crippen LogP contribution in [0, 0.1) is 5.92 Å². The summed E-state index contributed by atoms with van der Waals surface area (Å²) in [4.78, 5) is 45.3. The van der Waals surface area contributed by atoms with E-state index < -0.39 is 0 Å². The predicted molar refractivity (Wildman–Crippen MR) is 109 cm³/mol. The molecule has 4 rings (SSSR count). The number of likely N-dealkylation sites (tertiary alicyclic amines) is 1. The number of thiazole rings is 1. The van der Waals surface area contributed by atoms with Crippen LogP contribution in [0.3, 0.4) is 0 Å². The van der Waals surface area contributed by atoms with Gasteiger partial charge in [0.1, 0.15) is 12.3 Å². The number of para-hydroxylation sites is 2. The van der Waals surface area contributed by atoms with E-state index >= 15 is 0 Å². The molecule has 0 unspecified atom stereocenters. The molecule has 0 bridgehead atoms. The summed E-state index contributed by atoms with van der Waals surface area (Å²) in [6.07, 6.45) is 3.33. The van der Waals surface area contributed by atoms with E-state index in [4.69, 9.17) is 4.74 Å². The van der Waals surface area contributed by atoms with Crippen LogP contribution < -0.4 is 15.0 Å². The number of hydrogen-bond donors (Lipinski definition) is 1. The van der Waals surface area contributed by atoms with Gasteiger partial charge in [-0.2, -0.15) is 0 Å². The van der Waals surface area contributed by atoms with E-state index in [-0.39, 0.29) is 36.6 Å². The van der Waals surface area contributed by atoms with Crippen LogP contribution in [-0.4, -0.2) is 53.8 Å². The minimum atomic E-state index is -0.285. The Morgan fingerprint density at radius 2 is 2.17 bits per heavy atom. The molecule has 3 amide bonds. The number of nitrogens with one attached hydrogen (secondary N) is 1. The standard InChI is InChI=1S/C20H22N4O4S/c25-17-7-10-28-16-6-2-1-5-15(16)24(17)13-18(26)23-9-3-4-14(12-23)19(27)22-20-21-8-11-29-20/h1-2,5-6,8,11,14H,3-4,7,9-10,12-13H2,(H,21,22,27)/t14-/m1/s1. The van der Waals surface area contributed by atoms with E-state index in [2.05, 4.69) is 10.3 Å². The topological polar surface area (TPSA) is 91.8 Å². The molecule has 9 heteroatoms. The summed E-state index contributed by atoms with van der Waals surface area (Å²) < 4.78 is 5.63. The minimum absolute atomic E-state index is 0.0555. The molecule has 2 aromatic rings. The number of piperidine rings is 1. The number of nitrogens with zero attached hydrogens (tertiary/aromatic N) is 3. The Kier molecular flexibility index (Phi) is 5.75. The molecule has 152 valence electrons. The first-order valence-corrected chi connectivity index (χ1v) is 10.5. The number of benzene rings is 1. The van der Waals surface area contributed by atoms with Crippen LogP contribution in [0.4, 0.5) is 10.8 Å². The lowest BCUT2D eigenvalue weighted by molar-refractivity contribution is -0.134. The van der Waals surface area contributed by atoms with Crippen LogP contribution in [-0.2, 0) is 14.4 Å². The zero-order valence-corrected chi connectivity index (χ0v) is 16.7. The molecular formula is C20H22N4O4S. The Balaban J connectivity index is 1.42. The van der Waals surface area contributed by atoms with Gasteiger partial charge in [-0.05, 0) is 25.0 Å². The summed E-state index contributed by atoms with van der Waals surface area (Å²) in [5.41, 5.74) is 0.610. The fraction of sp³-hybridized carbons (Fsp3) is 0.400. The quantitative estimate of drug-likeness (QED) is 0.828. The Morgan fingerprint density at radius 3 is 3.00 bits per heavy atom. The highest BCUT2D eigenvalue weighted by Gasteiger charge is 2.31. The van der Waals surface area contributed by atoms with Crippen molar-refractivity contribution in [2.24, 2.45) is 5.92 Å². The minimum Gasteiger partial charge on any atom is -0.491 e. The van der Waals surface area contributed by atoms with Crippen molar-refractivity contribution in [2.75, 3.05) is 36.5 Å². The lowest BCUT2D eigenvalue weighted by atomic mass is 9.97. The Bertz CT molecular complexity index is 902. The summed E-state index contributed by atoms with van der Waals surface area (Å²) in [5.74, 6) is -0.111. The van der Waals surface area contributed by atoms with Crippen molar-refractivity contribution in [3.05, 3.63) is 35.8 Å². The lowest BCUT2D eigenvalue weighted by Gasteiger charge is -2.33. The van der Waals surface area contributed by atoms with Crippen LogP contribution in [0.15, 0.2) is 35.8 Å². The van der Waals surface area contributed by atoms with Crippen molar-refractivity contribution in [3.63, 3.8) is 0 Å². The summed E-state index contributed by atoms with van der Waals surface area (Å²) in [7, 11) is 0. The van der Waals surface area contributed by atoms with Gasteiger partial charge in [0.25, 0.3) is 0 Å². The Morgan fingerprint density at radius 1 is 1.31 bits per heavy atom. The number of aromatic nitrogens is 1. The second kappa shape index (κ2) is 8.60. The molecule has 0 spiro atoms. The lowest BCUT2D eigenvalue weighted by Crippen LogP contribution is -2.48. The normalized spacial score (nSPS) is 19.2. The third-order valence-corrected chi connectivity index (χ3v) is 5.82. The molecule has 1 saturated heterocycles. The van der Waals surface area contributed by atoms with Crippen LogP contribution >= 0.6 is 11.3 Å². The number of amides is 3. The Labute approximate surface area is 172 Å². The molecule has 0 saturated carbocycles. The first kappa shape index (κ1) is 19.4. The van der Waals surface area contributed by atoms with E-state index in [0.717, 1.165) is 12.8 Å². The van der Waals surface area contributed by atoms with Crippen LogP contribution in [0.2, 0.25) is 0 Å². The maximum Gasteiger partial charge on any atom is 0.242 e. The number of rotatable bonds is 4. The summed E-state index contributed by atoms with van der Waals surface area (Å²) >= 11 is 1.36. The van der Waals surface area contributed by atoms with Crippen molar-refractivity contribution in [1.82, 2.24) is 9.88 Å². The largest absolute Gasteiger partial charge is 0.491 e. The maximum atomic E-state index is 13.0. The molecule has 2 aliphatic rings. The fourth-order valence-corrected chi connectivity index (χ4v) is 4.17. The van der Waals surface area contributed by atoms with Crippen LogP contribution in [0.1, 0.15) is 19.3 Å². The van der Waals surface area contributed by atoms with Gasteiger partial charge in [-0.1, -0.05) is 12.1 Å². The van der Waals surface area contributed by atoms with Gasteiger partial charge in [0, 0.05) is 24.7 Å². The molecule has 3 heterocycles. The summed E-state index contributed by atoms with van der Waals surface area (Å²) in [6.45, 7) is 1.17. The van der Waals surface area contributed by atoms with Gasteiger partial charge in [0.2, 0.25) is 17.7 Å². The van der Waals surface area contributed by atoms with Gasteiger partial charge >= 0.3 is 0 Å². The van der Waals surface area contributed by atoms with Gasteiger partial charge in [-0.25, -0.2) is 4.98 Å². The molecule has 0 aliphatic carbocycles. The molecule has 29 heavy (non-hydrogen) atoms. The van der Waals surface area contributed by atoms with E-state index in [1.165, 1.54) is 16.2 Å². The van der Waals surface area contributed by atoms with Gasteiger partial charge in [0.05, 0.1) is 24.6 Å². The summed E-state index contributed by atoms with van der Waals surface area (Å²) in [5, 5.41) is 5.17. The highest BCUT2D eigenvalue weighted by Crippen LogP contribution is 2.31. The zero-order valence-electron chi connectivity index (χ0n) is 15.9. The van der Waals surface area contributed by atoms with Crippen molar-refractivity contribution in [1.29, 1.82) is 0 Å². The second-order valence-corrected chi connectivity index (χ2v) is 7.95. The van der Waals surface area contributed by atoms with Crippen molar-refractivity contribution in [2.45, 2.75) is 19.3 Å². The molecule has 0 radical (unpaired) electrons. The molecule has 1 aromatic carbocycles. The van der Waals surface area contributed by atoms with Gasteiger partial charge in [-0.15, -0.1) is 11.3 Å². The molecule has 2 aliphatic heterocycles. The number of carbonyl (C=O) groups excluding carboxylic acids is 3. The monoisotopic (exact) mass is 414 g/mol. The zero-order chi connectivity index (χ0) is 20.2. The predicted octanol–water partition coefficient (Wildman–Crippen LogP) is 2.14. The SMILES string of the molecule is O=C(Nc1nccs1)[C@@H]1CCCN(C(=O)CN2C(=O)CCOc3ccccc32)C1. The van der Waals surface area contributed by atoms with Crippen LogP contribution in [0.5, 0.6) is 5.75 Å². The first-order chi connectivity index (χ1) is 14.1. The first-order valence-electron chi connectivity index (χ1n) is 9.62. The molecule has 1 fully saturated rings. The smallest absolute Gasteiger partial charge is 0.242 e. The Hall–Kier alpha value is -2.94. The average molecular weight is 414 g/mol. The number of fused-ring (bicyclic) bond motifs is 1. The molecule has 1 aromatic heterocycles. The maximum absolute atomic E-state index is 13.0. The molecule has 1 atom stereocenters. The molecule has 1 N–H and O–H groups in total. The summed E-state index contributed by atoms with van der Waals surface area (Å²) in [6, 6.07) is 7.24. The van der Waals surface area contributed by atoms with Gasteiger partial charge in [-0.3, -0.25) is 19.3 Å². The fourth-order valence-electron chi connectivity index (χ4n) is 3.64. The number of carbonyl (C=O) groups is 3. The third kappa shape index (κ3) is 4.40. The van der Waals surface area contributed by atoms with Gasteiger partial charge < -0.3 is 15.0 Å². The van der Waals surface area contributed by atoms with Crippen LogP contribution in [0.25, 0.3) is 0 Å². The number of hydrogen-bond acceptors (Lipinski definition) is 6. The highest BCUT2D eigenvalue weighted by molar-refractivity contribution is 7.13. The molecular weight excluding hydrogens is 392 g/mol. The highest BCUT2D eigenvalue weighted by atomic mass is 32.1. The number of anilines is 2. The molecule has 8 nitrogen and oxygen atoms in total. The third-order valence-electron chi connectivity index (χ3n) is 5.13. The van der Waals surface area contributed by atoms with E-state index in [0.29, 0.717) is 36.3 Å². The van der Waals surface area contributed by atoms with Crippen molar-refractivity contribution in [3.8, 4) is 5.75 Å². The average Bonchev–Trinajstić information content (AvgIpc) is 3.20. The van der Waals surface area contributed by atoms with E-state index in [1.807, 2.05) is 12.1 Å². The van der Waals surface area contributed by atoms with E-state index in [9.17, 15) is 14.4 Å². The second-order valence-electron chi connectivity index (χ2n) is 7.05. The van der Waals surface area contributed by atoms with Gasteiger partial charge in [0.15, 0.2) is 5.13 Å². The van der Waals surface area contributed by atoms with Crippen molar-refractivity contribution >= 4 is 39.9 Å².